The van der Waals surface area contributed by atoms with Crippen molar-refractivity contribution in [1.29, 1.82) is 0 Å². The van der Waals surface area contributed by atoms with Gasteiger partial charge in [-0.3, -0.25) is 19.5 Å². The molecule has 0 atom stereocenters. The highest BCUT2D eigenvalue weighted by Crippen LogP contribution is 2.33. The van der Waals surface area contributed by atoms with Crippen molar-refractivity contribution in [2.45, 2.75) is 13.3 Å². The van der Waals surface area contributed by atoms with E-state index in [1.165, 1.54) is 0 Å². The van der Waals surface area contributed by atoms with Crippen molar-refractivity contribution in [2.75, 3.05) is 50.8 Å². The maximum Gasteiger partial charge on any atom is 0.270 e. The number of carbonyl (C=O) groups excluding carboxylic acids is 2. The van der Waals surface area contributed by atoms with Crippen LogP contribution in [0.3, 0.4) is 0 Å². The second-order valence-corrected chi connectivity index (χ2v) is 7.40. The fourth-order valence-electron chi connectivity index (χ4n) is 3.75. The van der Waals surface area contributed by atoms with E-state index in [0.29, 0.717) is 30.3 Å². The molecule has 0 radical (unpaired) electrons. The predicted molar refractivity (Wildman–Crippen MR) is 112 cm³/mol. The van der Waals surface area contributed by atoms with Crippen LogP contribution in [0.2, 0.25) is 0 Å². The number of nitrogens with zero attached hydrogens (tertiary/aromatic N) is 3. The van der Waals surface area contributed by atoms with Crippen LogP contribution in [0.1, 0.15) is 23.0 Å². The Labute approximate surface area is 175 Å². The van der Waals surface area contributed by atoms with Crippen LogP contribution in [0.25, 0.3) is 0 Å². The molecule has 1 aromatic carbocycles. The molecule has 158 valence electrons. The molecular weight excluding hydrogens is 384 g/mol. The maximum absolute atomic E-state index is 12.4. The van der Waals surface area contributed by atoms with E-state index < -0.39 is 0 Å². The number of hydrogen-bond donors (Lipinski definition) is 1. The van der Waals surface area contributed by atoms with Gasteiger partial charge in [0.05, 0.1) is 13.2 Å². The Hall–Kier alpha value is -2.97. The number of pyridine rings is 1. The number of benzene rings is 1. The van der Waals surface area contributed by atoms with E-state index in [2.05, 4.69) is 15.2 Å². The molecule has 0 spiro atoms. The molecule has 1 fully saturated rings. The minimum absolute atomic E-state index is 0.0424. The first-order valence-electron chi connectivity index (χ1n) is 10.2. The van der Waals surface area contributed by atoms with Crippen LogP contribution in [0.5, 0.6) is 11.5 Å². The van der Waals surface area contributed by atoms with Crippen LogP contribution in [-0.2, 0) is 16.0 Å². The molecule has 0 bridgehead atoms. The molecule has 30 heavy (non-hydrogen) atoms. The summed E-state index contributed by atoms with van der Waals surface area (Å²) >= 11 is 0. The lowest BCUT2D eigenvalue weighted by molar-refractivity contribution is -0.116. The monoisotopic (exact) mass is 410 g/mol. The third kappa shape index (κ3) is 4.77. The predicted octanol–water partition coefficient (Wildman–Crippen LogP) is 1.84. The first-order valence-corrected chi connectivity index (χ1v) is 10.2. The molecule has 1 saturated heterocycles. The molecule has 8 nitrogen and oxygen atoms in total. The second-order valence-electron chi connectivity index (χ2n) is 7.40. The normalized spacial score (nSPS) is 16.2. The Morgan fingerprint density at radius 1 is 1.13 bits per heavy atom. The molecule has 1 aromatic heterocycles. The molecule has 3 heterocycles. The summed E-state index contributed by atoms with van der Waals surface area (Å²) in [7, 11) is 0. The van der Waals surface area contributed by atoms with Gasteiger partial charge in [-0.2, -0.15) is 0 Å². The van der Waals surface area contributed by atoms with E-state index in [0.717, 1.165) is 50.5 Å². The lowest BCUT2D eigenvalue weighted by Crippen LogP contribution is -2.41. The Morgan fingerprint density at radius 3 is 2.73 bits per heavy atom. The smallest absolute Gasteiger partial charge is 0.270 e. The third-order valence-electron chi connectivity index (χ3n) is 5.34. The fourth-order valence-corrected chi connectivity index (χ4v) is 3.75. The van der Waals surface area contributed by atoms with Crippen molar-refractivity contribution in [3.05, 3.63) is 47.8 Å². The summed E-state index contributed by atoms with van der Waals surface area (Å²) < 4.78 is 11.3. The van der Waals surface area contributed by atoms with Crippen LogP contribution in [-0.4, -0.2) is 67.6 Å². The van der Waals surface area contributed by atoms with Gasteiger partial charge in [0.2, 0.25) is 5.91 Å². The number of anilines is 1. The lowest BCUT2D eigenvalue weighted by Gasteiger charge is -2.26. The minimum Gasteiger partial charge on any atom is -0.457 e. The third-order valence-corrected chi connectivity index (χ3v) is 5.34. The zero-order chi connectivity index (χ0) is 20.9. The van der Waals surface area contributed by atoms with Gasteiger partial charge in [0.25, 0.3) is 5.91 Å². The molecule has 0 saturated carbocycles. The number of morpholine rings is 1. The second kappa shape index (κ2) is 9.23. The Balaban J connectivity index is 1.35. The topological polar surface area (TPSA) is 84.0 Å². The molecule has 2 aromatic rings. The zero-order valence-corrected chi connectivity index (χ0v) is 17.1. The van der Waals surface area contributed by atoms with Gasteiger partial charge >= 0.3 is 0 Å². The Morgan fingerprint density at radius 2 is 1.93 bits per heavy atom. The molecule has 2 amide bonds. The average molecular weight is 410 g/mol. The fraction of sp³-hybridized carbons (Fsp3) is 0.409. The molecule has 4 rings (SSSR count). The van der Waals surface area contributed by atoms with Gasteiger partial charge in [-0.1, -0.05) is 0 Å². The number of nitrogens with one attached hydrogen (secondary N) is 1. The average Bonchev–Trinajstić information content (AvgIpc) is 3.18. The first kappa shape index (κ1) is 20.3. The van der Waals surface area contributed by atoms with Crippen LogP contribution in [0.4, 0.5) is 5.69 Å². The summed E-state index contributed by atoms with van der Waals surface area (Å²) in [6.45, 7) is 6.88. The molecule has 1 N–H and O–H groups in total. The van der Waals surface area contributed by atoms with Gasteiger partial charge in [-0.05, 0) is 36.2 Å². The number of fused-ring (bicyclic) bond motifs is 1. The maximum atomic E-state index is 12.4. The quantitative estimate of drug-likeness (QED) is 0.783. The highest BCUT2D eigenvalue weighted by Gasteiger charge is 2.22. The van der Waals surface area contributed by atoms with Gasteiger partial charge in [0.15, 0.2) is 0 Å². The van der Waals surface area contributed by atoms with Crippen LogP contribution in [0, 0.1) is 0 Å². The Bertz CT molecular complexity index is 927. The minimum atomic E-state index is -0.222. The SMILES string of the molecule is CC(=O)N1CCc2cc(Oc3ccnc(C(=O)NCCN4CCOCC4)c3)ccc21. The molecule has 2 aliphatic heterocycles. The van der Waals surface area contributed by atoms with Crippen LogP contribution in [0.15, 0.2) is 36.5 Å². The number of carbonyl (C=O) groups is 2. The summed E-state index contributed by atoms with van der Waals surface area (Å²) in [5.74, 6) is 1.04. The van der Waals surface area contributed by atoms with E-state index >= 15 is 0 Å². The zero-order valence-electron chi connectivity index (χ0n) is 17.1. The number of amides is 2. The van der Waals surface area contributed by atoms with Gasteiger partial charge in [0, 0.05) is 57.6 Å². The van der Waals surface area contributed by atoms with Crippen molar-refractivity contribution >= 4 is 17.5 Å². The van der Waals surface area contributed by atoms with Crippen LogP contribution < -0.4 is 15.0 Å². The number of ether oxygens (including phenoxy) is 2. The highest BCUT2D eigenvalue weighted by molar-refractivity contribution is 5.94. The number of rotatable bonds is 6. The summed E-state index contributed by atoms with van der Waals surface area (Å²) in [5, 5.41) is 2.91. The van der Waals surface area contributed by atoms with Crippen molar-refractivity contribution in [3.63, 3.8) is 0 Å². The largest absolute Gasteiger partial charge is 0.457 e. The molecular formula is C22H26N4O4. The molecule has 0 aliphatic carbocycles. The molecule has 2 aliphatic rings. The van der Waals surface area contributed by atoms with Crippen molar-refractivity contribution < 1.29 is 19.1 Å². The van der Waals surface area contributed by atoms with E-state index in [4.69, 9.17) is 9.47 Å². The molecule has 0 unspecified atom stereocenters. The van der Waals surface area contributed by atoms with Gasteiger partial charge in [-0.25, -0.2) is 0 Å². The van der Waals surface area contributed by atoms with Crippen LogP contribution >= 0.6 is 0 Å². The lowest BCUT2D eigenvalue weighted by atomic mass is 10.1. The van der Waals surface area contributed by atoms with Crippen molar-refractivity contribution in [1.82, 2.24) is 15.2 Å². The Kier molecular flexibility index (Phi) is 6.25. The van der Waals surface area contributed by atoms with Gasteiger partial charge < -0.3 is 19.7 Å². The standard InChI is InChI=1S/C22H26N4O4/c1-16(27)26-8-5-17-14-18(2-3-21(17)26)30-19-4-6-23-20(15-19)22(28)24-7-9-25-10-12-29-13-11-25/h2-4,6,14-15H,5,7-13H2,1H3,(H,24,28). The highest BCUT2D eigenvalue weighted by atomic mass is 16.5. The number of hydrogen-bond acceptors (Lipinski definition) is 6. The summed E-state index contributed by atoms with van der Waals surface area (Å²) in [6.07, 6.45) is 2.37. The van der Waals surface area contributed by atoms with Gasteiger partial charge in [0.1, 0.15) is 17.2 Å². The summed E-state index contributed by atoms with van der Waals surface area (Å²) in [6, 6.07) is 9.04. The summed E-state index contributed by atoms with van der Waals surface area (Å²) in [4.78, 5) is 32.3. The number of aromatic nitrogens is 1. The van der Waals surface area contributed by atoms with E-state index in [1.807, 2.05) is 18.2 Å². The molecule has 8 heteroatoms. The van der Waals surface area contributed by atoms with Crippen molar-refractivity contribution in [2.24, 2.45) is 0 Å². The van der Waals surface area contributed by atoms with Gasteiger partial charge in [-0.15, -0.1) is 0 Å². The van der Waals surface area contributed by atoms with E-state index in [-0.39, 0.29) is 11.8 Å². The van der Waals surface area contributed by atoms with E-state index in [1.54, 1.807) is 30.2 Å². The first-order chi connectivity index (χ1) is 14.6. The van der Waals surface area contributed by atoms with Crippen molar-refractivity contribution in [3.8, 4) is 11.5 Å². The van der Waals surface area contributed by atoms with E-state index in [9.17, 15) is 9.59 Å². The summed E-state index contributed by atoms with van der Waals surface area (Å²) in [5.41, 5.74) is 2.33.